The van der Waals surface area contributed by atoms with Gasteiger partial charge < -0.3 is 10.2 Å². The highest BCUT2D eigenvalue weighted by molar-refractivity contribution is 5.41. The van der Waals surface area contributed by atoms with Crippen molar-refractivity contribution in [3.8, 4) is 0 Å². The smallest absolute Gasteiger partial charge is 0.201 e. The molecule has 0 aliphatic carbocycles. The third-order valence-electron chi connectivity index (χ3n) is 2.64. The van der Waals surface area contributed by atoms with Gasteiger partial charge in [0.05, 0.1) is 5.69 Å². The quantitative estimate of drug-likeness (QED) is 0.793. The van der Waals surface area contributed by atoms with Crippen LogP contribution in [0.15, 0.2) is 35.1 Å². The summed E-state index contributed by atoms with van der Waals surface area (Å²) < 4.78 is 0. The zero-order chi connectivity index (χ0) is 11.8. The lowest BCUT2D eigenvalue weighted by Crippen LogP contribution is -2.29. The first-order chi connectivity index (χ1) is 7.77. The fourth-order valence-corrected chi connectivity index (χ4v) is 1.57. The van der Waals surface area contributed by atoms with E-state index in [-0.39, 0.29) is 5.43 Å². The van der Waals surface area contributed by atoms with Crippen molar-refractivity contribution < 1.29 is 0 Å². The molecule has 0 amide bonds. The second-order valence-electron chi connectivity index (χ2n) is 3.64. The van der Waals surface area contributed by atoms with Gasteiger partial charge >= 0.3 is 0 Å². The van der Waals surface area contributed by atoms with Crippen molar-refractivity contribution in [2.24, 2.45) is 0 Å². The number of nitrogens with zero attached hydrogens (tertiary/aromatic N) is 1. The molecule has 0 heterocycles. The van der Waals surface area contributed by atoms with Crippen LogP contribution in [-0.4, -0.2) is 31.1 Å². The minimum Gasteiger partial charge on any atom is -0.381 e. The van der Waals surface area contributed by atoms with E-state index in [1.807, 2.05) is 18.2 Å². The molecule has 0 bridgehead atoms. The van der Waals surface area contributed by atoms with E-state index in [0.29, 0.717) is 5.69 Å². The molecular formula is C13H20N2O. The van der Waals surface area contributed by atoms with Gasteiger partial charge in [-0.1, -0.05) is 32.0 Å². The first kappa shape index (κ1) is 12.7. The van der Waals surface area contributed by atoms with E-state index in [1.54, 1.807) is 12.1 Å². The predicted octanol–water partition coefficient (Wildman–Crippen LogP) is 1.80. The largest absolute Gasteiger partial charge is 0.381 e. The van der Waals surface area contributed by atoms with Crippen LogP contribution in [0.3, 0.4) is 0 Å². The SMILES string of the molecule is CCN(CC)CCNc1cccccc1=O. The Hall–Kier alpha value is -1.35. The molecule has 3 heteroatoms. The maximum absolute atomic E-state index is 11.6. The Kier molecular flexibility index (Phi) is 5.57. The number of rotatable bonds is 6. The standard InChI is InChI=1S/C13H20N2O/c1-3-15(4-2)11-10-14-12-8-6-5-7-9-13(12)16/h5-9H,3-4,10-11H2,1-2H3,(H,14,16). The fraction of sp³-hybridized carbons (Fsp3) is 0.462. The van der Waals surface area contributed by atoms with Crippen LogP contribution < -0.4 is 10.7 Å². The summed E-state index contributed by atoms with van der Waals surface area (Å²) in [5, 5.41) is 3.18. The van der Waals surface area contributed by atoms with E-state index in [9.17, 15) is 4.79 Å². The van der Waals surface area contributed by atoms with Gasteiger partial charge in [0.1, 0.15) is 0 Å². The molecule has 0 unspecified atom stereocenters. The Morgan fingerprint density at radius 1 is 1.12 bits per heavy atom. The van der Waals surface area contributed by atoms with Gasteiger partial charge in [-0.2, -0.15) is 0 Å². The summed E-state index contributed by atoms with van der Waals surface area (Å²) in [7, 11) is 0. The molecule has 16 heavy (non-hydrogen) atoms. The van der Waals surface area contributed by atoms with Crippen molar-refractivity contribution in [1.82, 2.24) is 4.90 Å². The molecule has 0 aliphatic rings. The zero-order valence-corrected chi connectivity index (χ0v) is 10.1. The Balaban J connectivity index is 2.50. The van der Waals surface area contributed by atoms with E-state index in [4.69, 9.17) is 0 Å². The minimum absolute atomic E-state index is 0.0459. The van der Waals surface area contributed by atoms with Crippen molar-refractivity contribution >= 4 is 5.69 Å². The van der Waals surface area contributed by atoms with Gasteiger partial charge in [-0.05, 0) is 25.2 Å². The topological polar surface area (TPSA) is 32.3 Å². The molecule has 0 saturated carbocycles. The van der Waals surface area contributed by atoms with Crippen LogP contribution in [0.1, 0.15) is 13.8 Å². The minimum atomic E-state index is 0.0459. The predicted molar refractivity (Wildman–Crippen MR) is 69.0 cm³/mol. The summed E-state index contributed by atoms with van der Waals surface area (Å²) in [6.45, 7) is 8.15. The highest BCUT2D eigenvalue weighted by Crippen LogP contribution is 1.96. The maximum atomic E-state index is 11.6. The molecule has 88 valence electrons. The van der Waals surface area contributed by atoms with Gasteiger partial charge in [0.25, 0.3) is 0 Å². The molecule has 0 atom stereocenters. The van der Waals surface area contributed by atoms with E-state index >= 15 is 0 Å². The summed E-state index contributed by atoms with van der Waals surface area (Å²) in [6, 6.07) is 8.90. The summed E-state index contributed by atoms with van der Waals surface area (Å²) in [5.74, 6) is 0. The van der Waals surface area contributed by atoms with Gasteiger partial charge in [0, 0.05) is 13.1 Å². The summed E-state index contributed by atoms with van der Waals surface area (Å²) in [4.78, 5) is 13.9. The van der Waals surface area contributed by atoms with Crippen LogP contribution in [0.2, 0.25) is 0 Å². The fourth-order valence-electron chi connectivity index (χ4n) is 1.57. The maximum Gasteiger partial charge on any atom is 0.201 e. The Morgan fingerprint density at radius 3 is 2.50 bits per heavy atom. The first-order valence-electron chi connectivity index (χ1n) is 5.83. The highest BCUT2D eigenvalue weighted by Gasteiger charge is 1.99. The number of nitrogens with one attached hydrogen (secondary N) is 1. The highest BCUT2D eigenvalue weighted by atomic mass is 16.1. The van der Waals surface area contributed by atoms with Crippen LogP contribution in [0.25, 0.3) is 0 Å². The molecule has 1 rings (SSSR count). The number of anilines is 1. The molecule has 3 nitrogen and oxygen atoms in total. The number of hydrogen-bond acceptors (Lipinski definition) is 3. The normalized spacial score (nSPS) is 10.4. The van der Waals surface area contributed by atoms with Gasteiger partial charge in [0.2, 0.25) is 5.43 Å². The first-order valence-corrected chi connectivity index (χ1v) is 5.83. The van der Waals surface area contributed by atoms with E-state index in [2.05, 4.69) is 24.1 Å². The monoisotopic (exact) mass is 220 g/mol. The third-order valence-corrected chi connectivity index (χ3v) is 2.64. The molecule has 1 N–H and O–H groups in total. The number of hydrogen-bond donors (Lipinski definition) is 1. The van der Waals surface area contributed by atoms with Crippen molar-refractivity contribution in [2.45, 2.75) is 13.8 Å². The molecule has 0 saturated heterocycles. The van der Waals surface area contributed by atoms with Crippen molar-refractivity contribution in [2.75, 3.05) is 31.5 Å². The van der Waals surface area contributed by atoms with Crippen LogP contribution in [0.4, 0.5) is 5.69 Å². The number of likely N-dealkylation sites (N-methyl/N-ethyl adjacent to an activating group) is 1. The van der Waals surface area contributed by atoms with E-state index < -0.39 is 0 Å². The van der Waals surface area contributed by atoms with Gasteiger partial charge in [0.15, 0.2) is 0 Å². The molecule has 0 spiro atoms. The Morgan fingerprint density at radius 2 is 1.81 bits per heavy atom. The van der Waals surface area contributed by atoms with E-state index in [1.165, 1.54) is 0 Å². The molecule has 0 aromatic heterocycles. The lowest BCUT2D eigenvalue weighted by atomic mass is 10.4. The average molecular weight is 220 g/mol. The summed E-state index contributed by atoms with van der Waals surface area (Å²) in [6.07, 6.45) is 0. The average Bonchev–Trinajstić information content (AvgIpc) is 2.50. The molecule has 1 aromatic carbocycles. The molecular weight excluding hydrogens is 200 g/mol. The van der Waals surface area contributed by atoms with Crippen molar-refractivity contribution in [3.05, 3.63) is 40.6 Å². The Labute approximate surface area is 97.1 Å². The molecule has 0 aliphatic heterocycles. The van der Waals surface area contributed by atoms with Gasteiger partial charge in [-0.15, -0.1) is 0 Å². The molecule has 1 aromatic rings. The summed E-state index contributed by atoms with van der Waals surface area (Å²) in [5.41, 5.74) is 0.724. The lowest BCUT2D eigenvalue weighted by Gasteiger charge is -2.17. The van der Waals surface area contributed by atoms with E-state index in [0.717, 1.165) is 26.2 Å². The molecule has 0 radical (unpaired) electrons. The second-order valence-corrected chi connectivity index (χ2v) is 3.64. The molecule has 0 fully saturated rings. The summed E-state index contributed by atoms with van der Waals surface area (Å²) >= 11 is 0. The van der Waals surface area contributed by atoms with Crippen LogP contribution in [0, 0.1) is 0 Å². The third kappa shape index (κ3) is 4.03. The van der Waals surface area contributed by atoms with Crippen LogP contribution >= 0.6 is 0 Å². The van der Waals surface area contributed by atoms with Gasteiger partial charge in [-0.25, -0.2) is 0 Å². The van der Waals surface area contributed by atoms with Crippen LogP contribution in [0.5, 0.6) is 0 Å². The lowest BCUT2D eigenvalue weighted by molar-refractivity contribution is 0.316. The van der Waals surface area contributed by atoms with Crippen molar-refractivity contribution in [1.29, 1.82) is 0 Å². The Bertz CT molecular complexity index is 361. The zero-order valence-electron chi connectivity index (χ0n) is 10.1. The van der Waals surface area contributed by atoms with Crippen LogP contribution in [-0.2, 0) is 0 Å². The second kappa shape index (κ2) is 7.01. The van der Waals surface area contributed by atoms with Gasteiger partial charge in [-0.3, -0.25) is 4.79 Å². The van der Waals surface area contributed by atoms with Crippen molar-refractivity contribution in [3.63, 3.8) is 0 Å².